The second kappa shape index (κ2) is 8.31. The van der Waals surface area contributed by atoms with Gasteiger partial charge in [0.15, 0.2) is 0 Å². The Morgan fingerprint density at radius 1 is 1.03 bits per heavy atom. The topological polar surface area (TPSA) is 68.3 Å². The largest absolute Gasteiger partial charge is 0.487 e. The van der Waals surface area contributed by atoms with Crippen molar-refractivity contribution in [3.8, 4) is 5.75 Å². The van der Waals surface area contributed by atoms with Gasteiger partial charge in [0.25, 0.3) is 10.0 Å². The molecule has 0 amide bonds. The summed E-state index contributed by atoms with van der Waals surface area (Å²) in [6.45, 7) is 1.08. The summed E-state index contributed by atoms with van der Waals surface area (Å²) in [4.78, 5) is 4.00. The van der Waals surface area contributed by atoms with E-state index in [1.165, 1.54) is 19.1 Å². The van der Waals surface area contributed by atoms with E-state index in [4.69, 9.17) is 4.74 Å². The summed E-state index contributed by atoms with van der Waals surface area (Å²) in [5.41, 5.74) is -0.788. The maximum Gasteiger partial charge on any atom is 0.416 e. The van der Waals surface area contributed by atoms with Gasteiger partial charge in [-0.1, -0.05) is 18.2 Å². The Balaban J connectivity index is 1.78. The number of aromatic nitrogens is 1. The standard InChI is InChI=1S/C20H16F4N2O3S/c1-13-11-17(21)18(12-29-15-9-7-14(8-10-15)20(22,23)24)25-19(13)26-30(27,28)16-5-3-2-4-6-16/h2-11H,12H2,1H3,(H,25,26). The van der Waals surface area contributed by atoms with Crippen molar-refractivity contribution in [1.29, 1.82) is 0 Å². The Hall–Kier alpha value is -3.14. The number of anilines is 1. The maximum atomic E-state index is 14.2. The smallest absolute Gasteiger partial charge is 0.416 e. The number of halogens is 4. The van der Waals surface area contributed by atoms with Crippen LogP contribution in [0.25, 0.3) is 0 Å². The molecule has 158 valence electrons. The molecule has 0 aliphatic heterocycles. The molecule has 0 bridgehead atoms. The fraction of sp³-hybridized carbons (Fsp3) is 0.150. The normalized spacial score (nSPS) is 11.9. The molecule has 0 aliphatic rings. The molecular formula is C20H16F4N2O3S. The third-order valence-electron chi connectivity index (χ3n) is 4.08. The van der Waals surface area contributed by atoms with E-state index >= 15 is 0 Å². The molecule has 0 saturated heterocycles. The van der Waals surface area contributed by atoms with Crippen LogP contribution in [0.5, 0.6) is 5.75 Å². The van der Waals surface area contributed by atoms with Crippen LogP contribution in [0.4, 0.5) is 23.4 Å². The molecule has 1 N–H and O–H groups in total. The van der Waals surface area contributed by atoms with E-state index in [-0.39, 0.29) is 27.7 Å². The van der Waals surface area contributed by atoms with Gasteiger partial charge in [0.1, 0.15) is 29.7 Å². The van der Waals surface area contributed by atoms with E-state index in [0.29, 0.717) is 0 Å². The molecule has 0 fully saturated rings. The number of nitrogens with zero attached hydrogens (tertiary/aromatic N) is 1. The zero-order valence-electron chi connectivity index (χ0n) is 15.6. The SMILES string of the molecule is Cc1cc(F)c(COc2ccc(C(F)(F)F)cc2)nc1NS(=O)(=O)c1ccccc1. The summed E-state index contributed by atoms with van der Waals surface area (Å²) in [5.74, 6) is -0.732. The predicted octanol–water partition coefficient (Wildman–Crippen LogP) is 4.93. The number of hydrogen-bond donors (Lipinski definition) is 1. The number of aryl methyl sites for hydroxylation is 1. The molecule has 0 aliphatic carbocycles. The summed E-state index contributed by atoms with van der Waals surface area (Å²) in [6, 6.07) is 12.6. The Morgan fingerprint density at radius 2 is 1.67 bits per heavy atom. The van der Waals surface area contributed by atoms with Crippen molar-refractivity contribution in [2.45, 2.75) is 24.6 Å². The third-order valence-corrected chi connectivity index (χ3v) is 5.44. The van der Waals surface area contributed by atoms with Crippen LogP contribution in [0.3, 0.4) is 0 Å². The molecule has 0 atom stereocenters. The first kappa shape index (κ1) is 21.6. The van der Waals surface area contributed by atoms with Gasteiger partial charge in [-0.15, -0.1) is 0 Å². The molecule has 3 rings (SSSR count). The van der Waals surface area contributed by atoms with E-state index in [1.807, 2.05) is 0 Å². The summed E-state index contributed by atoms with van der Waals surface area (Å²) in [6.07, 6.45) is -4.48. The molecule has 0 unspecified atom stereocenters. The lowest BCUT2D eigenvalue weighted by molar-refractivity contribution is -0.137. The molecule has 1 aromatic heterocycles. The van der Waals surface area contributed by atoms with Crippen molar-refractivity contribution < 1.29 is 30.7 Å². The predicted molar refractivity (Wildman–Crippen MR) is 102 cm³/mol. The van der Waals surface area contributed by atoms with E-state index in [9.17, 15) is 26.0 Å². The highest BCUT2D eigenvalue weighted by Crippen LogP contribution is 2.30. The fourth-order valence-electron chi connectivity index (χ4n) is 2.50. The van der Waals surface area contributed by atoms with Crippen molar-refractivity contribution in [3.63, 3.8) is 0 Å². The molecule has 10 heteroatoms. The minimum atomic E-state index is -4.48. The van der Waals surface area contributed by atoms with Gasteiger partial charge in [-0.05, 0) is 55.0 Å². The Kier molecular flexibility index (Phi) is 5.97. The van der Waals surface area contributed by atoms with Crippen LogP contribution in [0, 0.1) is 12.7 Å². The van der Waals surface area contributed by atoms with Crippen molar-refractivity contribution in [3.05, 3.63) is 83.3 Å². The fourth-order valence-corrected chi connectivity index (χ4v) is 3.59. The molecule has 3 aromatic rings. The molecule has 0 radical (unpaired) electrons. The minimum Gasteiger partial charge on any atom is -0.487 e. The quantitative estimate of drug-likeness (QED) is 0.552. The number of ether oxygens (including phenoxy) is 1. The molecule has 30 heavy (non-hydrogen) atoms. The lowest BCUT2D eigenvalue weighted by Crippen LogP contribution is -2.16. The lowest BCUT2D eigenvalue weighted by Gasteiger charge is -2.13. The van der Waals surface area contributed by atoms with Crippen LogP contribution in [0.2, 0.25) is 0 Å². The first-order valence-electron chi connectivity index (χ1n) is 8.60. The Bertz CT molecular complexity index is 1130. The van der Waals surface area contributed by atoms with Gasteiger partial charge in [0.05, 0.1) is 10.5 Å². The number of sulfonamides is 1. The summed E-state index contributed by atoms with van der Waals surface area (Å²) in [7, 11) is -3.93. The maximum absolute atomic E-state index is 14.2. The number of hydrogen-bond acceptors (Lipinski definition) is 4. The molecule has 0 spiro atoms. The Labute approximate surface area is 170 Å². The molecule has 1 heterocycles. The van der Waals surface area contributed by atoms with Crippen molar-refractivity contribution in [1.82, 2.24) is 4.98 Å². The second-order valence-corrected chi connectivity index (χ2v) is 7.99. The van der Waals surface area contributed by atoms with Crippen LogP contribution in [0.1, 0.15) is 16.8 Å². The van der Waals surface area contributed by atoms with E-state index in [0.717, 1.165) is 30.3 Å². The molecular weight excluding hydrogens is 424 g/mol. The molecule has 5 nitrogen and oxygen atoms in total. The van der Waals surface area contributed by atoms with Gasteiger partial charge in [-0.25, -0.2) is 17.8 Å². The number of benzene rings is 2. The molecule has 0 saturated carbocycles. The van der Waals surface area contributed by atoms with Gasteiger partial charge in [0, 0.05) is 0 Å². The van der Waals surface area contributed by atoms with Crippen molar-refractivity contribution in [2.24, 2.45) is 0 Å². The zero-order chi connectivity index (χ0) is 21.9. The van der Waals surface area contributed by atoms with Crippen LogP contribution in [-0.2, 0) is 22.8 Å². The Morgan fingerprint density at radius 3 is 2.27 bits per heavy atom. The zero-order valence-corrected chi connectivity index (χ0v) is 16.4. The van der Waals surface area contributed by atoms with E-state index < -0.39 is 34.2 Å². The van der Waals surface area contributed by atoms with Gasteiger partial charge in [-0.2, -0.15) is 13.2 Å². The number of pyridine rings is 1. The summed E-state index contributed by atoms with van der Waals surface area (Å²) >= 11 is 0. The average Bonchev–Trinajstić information content (AvgIpc) is 2.69. The van der Waals surface area contributed by atoms with Crippen LogP contribution >= 0.6 is 0 Å². The van der Waals surface area contributed by atoms with Gasteiger partial charge in [0.2, 0.25) is 0 Å². The first-order valence-corrected chi connectivity index (χ1v) is 10.1. The lowest BCUT2D eigenvalue weighted by atomic mass is 10.2. The highest BCUT2D eigenvalue weighted by atomic mass is 32.2. The van der Waals surface area contributed by atoms with Crippen LogP contribution in [0.15, 0.2) is 65.6 Å². The van der Waals surface area contributed by atoms with E-state index in [1.54, 1.807) is 18.2 Å². The highest BCUT2D eigenvalue weighted by molar-refractivity contribution is 7.92. The van der Waals surface area contributed by atoms with Crippen molar-refractivity contribution >= 4 is 15.8 Å². The summed E-state index contributed by atoms with van der Waals surface area (Å²) < 4.78 is 84.6. The first-order chi connectivity index (χ1) is 14.1. The molecule has 2 aromatic carbocycles. The third kappa shape index (κ3) is 5.07. The van der Waals surface area contributed by atoms with Crippen LogP contribution < -0.4 is 9.46 Å². The summed E-state index contributed by atoms with van der Waals surface area (Å²) in [5, 5.41) is 0. The second-order valence-electron chi connectivity index (χ2n) is 6.31. The average molecular weight is 440 g/mol. The van der Waals surface area contributed by atoms with Gasteiger partial charge < -0.3 is 4.74 Å². The van der Waals surface area contributed by atoms with Crippen LogP contribution in [-0.4, -0.2) is 13.4 Å². The number of alkyl halides is 3. The highest BCUT2D eigenvalue weighted by Gasteiger charge is 2.30. The number of nitrogens with one attached hydrogen (secondary N) is 1. The van der Waals surface area contributed by atoms with Crippen molar-refractivity contribution in [2.75, 3.05) is 4.72 Å². The monoisotopic (exact) mass is 440 g/mol. The number of rotatable bonds is 6. The van der Waals surface area contributed by atoms with Gasteiger partial charge in [-0.3, -0.25) is 4.72 Å². The van der Waals surface area contributed by atoms with E-state index in [2.05, 4.69) is 9.71 Å². The van der Waals surface area contributed by atoms with Gasteiger partial charge >= 0.3 is 6.18 Å². The minimum absolute atomic E-state index is 0.0121.